The molecule has 1 N–H and O–H groups in total. The van der Waals surface area contributed by atoms with Crippen molar-refractivity contribution in [1.82, 2.24) is 0 Å². The molecule has 0 saturated heterocycles. The Morgan fingerprint density at radius 3 is 2.52 bits per heavy atom. The molecule has 0 unspecified atom stereocenters. The predicted molar refractivity (Wildman–Crippen MR) is 113 cm³/mol. The van der Waals surface area contributed by atoms with Gasteiger partial charge in [0.05, 0.1) is 18.2 Å². The molecule has 0 aromatic heterocycles. The number of halogens is 1. The highest BCUT2D eigenvalue weighted by Crippen LogP contribution is 2.27. The summed E-state index contributed by atoms with van der Waals surface area (Å²) in [6.07, 6.45) is 8.13. The number of nitrogens with one attached hydrogen (secondary N) is 1. The SMILES string of the molecule is C[C@H](CNc1ccc(OCCC2CCCCC2)cc1)Oc1ccccc1Cl. The first-order valence-corrected chi connectivity index (χ1v) is 10.5. The summed E-state index contributed by atoms with van der Waals surface area (Å²) < 4.78 is 11.8. The van der Waals surface area contributed by atoms with E-state index < -0.39 is 0 Å². The minimum Gasteiger partial charge on any atom is -0.494 e. The highest BCUT2D eigenvalue weighted by Gasteiger charge is 2.13. The van der Waals surface area contributed by atoms with E-state index in [-0.39, 0.29) is 6.10 Å². The van der Waals surface area contributed by atoms with Gasteiger partial charge in [0.1, 0.15) is 17.6 Å². The first kappa shape index (κ1) is 19.9. The van der Waals surface area contributed by atoms with E-state index in [0.717, 1.165) is 29.7 Å². The molecule has 1 aliphatic carbocycles. The van der Waals surface area contributed by atoms with Gasteiger partial charge in [0.15, 0.2) is 0 Å². The van der Waals surface area contributed by atoms with Crippen molar-refractivity contribution in [3.63, 3.8) is 0 Å². The van der Waals surface area contributed by atoms with Gasteiger partial charge in [0.2, 0.25) is 0 Å². The van der Waals surface area contributed by atoms with Gasteiger partial charge in [-0.3, -0.25) is 0 Å². The zero-order valence-corrected chi connectivity index (χ0v) is 16.9. The van der Waals surface area contributed by atoms with Gasteiger partial charge in [-0.15, -0.1) is 0 Å². The van der Waals surface area contributed by atoms with Crippen molar-refractivity contribution >= 4 is 17.3 Å². The summed E-state index contributed by atoms with van der Waals surface area (Å²) in [6, 6.07) is 15.7. The highest BCUT2D eigenvalue weighted by atomic mass is 35.5. The van der Waals surface area contributed by atoms with Gasteiger partial charge in [0.25, 0.3) is 0 Å². The molecule has 3 nitrogen and oxygen atoms in total. The van der Waals surface area contributed by atoms with Gasteiger partial charge in [-0.25, -0.2) is 0 Å². The fraction of sp³-hybridized carbons (Fsp3) is 0.478. The average molecular weight is 388 g/mol. The molecule has 0 heterocycles. The zero-order chi connectivity index (χ0) is 18.9. The van der Waals surface area contributed by atoms with Crippen LogP contribution >= 0.6 is 11.6 Å². The molecule has 0 radical (unpaired) electrons. The van der Waals surface area contributed by atoms with Crippen LogP contribution in [0.1, 0.15) is 45.4 Å². The Bertz CT molecular complexity index is 683. The first-order valence-electron chi connectivity index (χ1n) is 10.1. The second-order valence-corrected chi connectivity index (χ2v) is 7.81. The minimum absolute atomic E-state index is 0.0105. The molecule has 1 saturated carbocycles. The Labute approximate surface area is 168 Å². The summed E-state index contributed by atoms with van der Waals surface area (Å²) in [4.78, 5) is 0. The van der Waals surface area contributed by atoms with E-state index in [1.165, 1.54) is 38.5 Å². The van der Waals surface area contributed by atoms with Crippen LogP contribution in [0.15, 0.2) is 48.5 Å². The third kappa shape index (κ3) is 6.66. The third-order valence-electron chi connectivity index (χ3n) is 5.13. The minimum atomic E-state index is 0.0105. The number of rotatable bonds is 9. The summed E-state index contributed by atoms with van der Waals surface area (Å²) >= 11 is 6.13. The zero-order valence-electron chi connectivity index (χ0n) is 16.1. The molecular weight excluding hydrogens is 358 g/mol. The van der Waals surface area contributed by atoms with Gasteiger partial charge < -0.3 is 14.8 Å². The maximum absolute atomic E-state index is 6.13. The first-order chi connectivity index (χ1) is 13.2. The normalized spacial score (nSPS) is 15.9. The Hall–Kier alpha value is -1.87. The molecule has 0 aliphatic heterocycles. The Morgan fingerprint density at radius 2 is 1.78 bits per heavy atom. The van der Waals surface area contributed by atoms with Crippen molar-refractivity contribution < 1.29 is 9.47 Å². The van der Waals surface area contributed by atoms with E-state index in [2.05, 4.69) is 17.4 Å². The molecule has 1 aliphatic rings. The van der Waals surface area contributed by atoms with Crippen LogP contribution in [-0.4, -0.2) is 19.3 Å². The van der Waals surface area contributed by atoms with Crippen LogP contribution in [0.3, 0.4) is 0 Å². The van der Waals surface area contributed by atoms with Crippen LogP contribution in [0, 0.1) is 5.92 Å². The van der Waals surface area contributed by atoms with Crippen LogP contribution in [-0.2, 0) is 0 Å². The lowest BCUT2D eigenvalue weighted by atomic mass is 9.87. The second-order valence-electron chi connectivity index (χ2n) is 7.41. The van der Waals surface area contributed by atoms with Crippen LogP contribution in [0.2, 0.25) is 5.02 Å². The summed E-state index contributed by atoms with van der Waals surface area (Å²) in [6.45, 7) is 3.55. The third-order valence-corrected chi connectivity index (χ3v) is 5.44. The van der Waals surface area contributed by atoms with Gasteiger partial charge in [-0.1, -0.05) is 55.8 Å². The molecule has 1 fully saturated rings. The van der Waals surface area contributed by atoms with E-state index in [4.69, 9.17) is 21.1 Å². The maximum Gasteiger partial charge on any atom is 0.138 e. The van der Waals surface area contributed by atoms with Gasteiger partial charge in [-0.2, -0.15) is 0 Å². The van der Waals surface area contributed by atoms with Crippen molar-refractivity contribution in [2.45, 2.75) is 51.6 Å². The molecule has 3 rings (SSSR count). The van der Waals surface area contributed by atoms with Crippen molar-refractivity contribution in [1.29, 1.82) is 0 Å². The Balaban J connectivity index is 1.37. The molecule has 4 heteroatoms. The molecule has 146 valence electrons. The summed E-state index contributed by atoms with van der Waals surface area (Å²) in [5, 5.41) is 4.03. The fourth-order valence-electron chi connectivity index (χ4n) is 3.55. The average Bonchev–Trinajstić information content (AvgIpc) is 2.70. The van der Waals surface area contributed by atoms with Crippen molar-refractivity contribution in [3.8, 4) is 11.5 Å². The molecular formula is C23H30ClNO2. The van der Waals surface area contributed by atoms with E-state index >= 15 is 0 Å². The number of ether oxygens (including phenoxy) is 2. The molecule has 0 spiro atoms. The smallest absolute Gasteiger partial charge is 0.138 e. The molecule has 1 atom stereocenters. The standard InChI is InChI=1S/C23H30ClNO2/c1-18(27-23-10-6-5-9-22(23)24)17-25-20-11-13-21(14-12-20)26-16-15-19-7-3-2-4-8-19/h5-6,9-14,18-19,25H,2-4,7-8,15-17H2,1H3/t18-/m1/s1. The van der Waals surface area contributed by atoms with Crippen molar-refractivity contribution in [3.05, 3.63) is 53.6 Å². The Kier molecular flexibility index (Phi) is 7.70. The quantitative estimate of drug-likeness (QED) is 0.527. The fourth-order valence-corrected chi connectivity index (χ4v) is 3.73. The van der Waals surface area contributed by atoms with Crippen LogP contribution in [0.5, 0.6) is 11.5 Å². The van der Waals surface area contributed by atoms with Crippen molar-refractivity contribution in [2.75, 3.05) is 18.5 Å². The monoisotopic (exact) mass is 387 g/mol. The predicted octanol–water partition coefficient (Wildman–Crippen LogP) is 6.57. The summed E-state index contributed by atoms with van der Waals surface area (Å²) in [5.74, 6) is 2.52. The van der Waals surface area contributed by atoms with Crippen LogP contribution < -0.4 is 14.8 Å². The number of para-hydroxylation sites is 1. The number of hydrogen-bond donors (Lipinski definition) is 1. The lowest BCUT2D eigenvalue weighted by Crippen LogP contribution is -2.22. The molecule has 2 aromatic carbocycles. The van der Waals surface area contributed by atoms with Gasteiger partial charge in [0, 0.05) is 5.69 Å². The number of hydrogen-bond acceptors (Lipinski definition) is 3. The van der Waals surface area contributed by atoms with E-state index in [9.17, 15) is 0 Å². The van der Waals surface area contributed by atoms with Gasteiger partial charge in [-0.05, 0) is 55.7 Å². The molecule has 0 amide bonds. The summed E-state index contributed by atoms with van der Waals surface area (Å²) in [5.41, 5.74) is 1.06. The molecule has 0 bridgehead atoms. The second kappa shape index (κ2) is 10.5. The van der Waals surface area contributed by atoms with E-state index in [1.54, 1.807) is 0 Å². The molecule has 27 heavy (non-hydrogen) atoms. The van der Waals surface area contributed by atoms with Crippen LogP contribution in [0.25, 0.3) is 0 Å². The van der Waals surface area contributed by atoms with Crippen molar-refractivity contribution in [2.24, 2.45) is 5.92 Å². The topological polar surface area (TPSA) is 30.5 Å². The highest BCUT2D eigenvalue weighted by molar-refractivity contribution is 6.32. The van der Waals surface area contributed by atoms with Gasteiger partial charge >= 0.3 is 0 Å². The van der Waals surface area contributed by atoms with E-state index in [0.29, 0.717) is 11.6 Å². The number of anilines is 1. The van der Waals surface area contributed by atoms with E-state index in [1.807, 2.05) is 43.3 Å². The lowest BCUT2D eigenvalue weighted by Gasteiger charge is -2.21. The summed E-state index contributed by atoms with van der Waals surface area (Å²) in [7, 11) is 0. The van der Waals surface area contributed by atoms with Crippen LogP contribution in [0.4, 0.5) is 5.69 Å². The molecule has 2 aromatic rings. The Morgan fingerprint density at radius 1 is 1.04 bits per heavy atom. The maximum atomic E-state index is 6.13. The largest absolute Gasteiger partial charge is 0.494 e. The lowest BCUT2D eigenvalue weighted by molar-refractivity contribution is 0.235. The number of benzene rings is 2.